The van der Waals surface area contributed by atoms with E-state index in [0.29, 0.717) is 0 Å². The standard InChI is InChI=1S/C10H14N2O5/c1-5-3-12(10(16)11-9(5)15)8-2-6(14)7(4-13)17-8/h3,6-8,13-14H,2,4H2,1H3,(H,11,15,16)/t6-,7+,8+/m0/s1/i2D,4D/t2?,4?,6-,7+,8+. The fourth-order valence-electron chi connectivity index (χ4n) is 1.62. The minimum Gasteiger partial charge on any atom is -0.394 e. The van der Waals surface area contributed by atoms with Gasteiger partial charge in [0.25, 0.3) is 5.56 Å². The van der Waals surface area contributed by atoms with Gasteiger partial charge in [-0.05, 0) is 6.92 Å². The van der Waals surface area contributed by atoms with Gasteiger partial charge in [0.15, 0.2) is 0 Å². The number of hydrogen-bond acceptors (Lipinski definition) is 5. The predicted molar refractivity (Wildman–Crippen MR) is 57.7 cm³/mol. The van der Waals surface area contributed by atoms with Crippen LogP contribution in [0, 0.1) is 6.92 Å². The van der Waals surface area contributed by atoms with Crippen LogP contribution in [0.2, 0.25) is 0 Å². The van der Waals surface area contributed by atoms with Crippen LogP contribution in [-0.4, -0.2) is 38.6 Å². The summed E-state index contributed by atoms with van der Waals surface area (Å²) in [4.78, 5) is 25.0. The molecule has 0 bridgehead atoms. The van der Waals surface area contributed by atoms with Gasteiger partial charge in [-0.3, -0.25) is 14.3 Å². The van der Waals surface area contributed by atoms with Gasteiger partial charge in [-0.15, -0.1) is 0 Å². The molecule has 0 aromatic carbocycles. The highest BCUT2D eigenvalue weighted by Gasteiger charge is 2.34. The number of rotatable bonds is 2. The van der Waals surface area contributed by atoms with Crippen LogP contribution < -0.4 is 11.2 Å². The van der Waals surface area contributed by atoms with Gasteiger partial charge in [-0.2, -0.15) is 0 Å². The fraction of sp³-hybridized carbons (Fsp3) is 0.600. The molecule has 0 saturated carbocycles. The van der Waals surface area contributed by atoms with Crippen LogP contribution in [0.1, 0.15) is 20.9 Å². The molecule has 5 atom stereocenters. The smallest absolute Gasteiger partial charge is 0.330 e. The summed E-state index contributed by atoms with van der Waals surface area (Å²) in [5.74, 6) is 0. The summed E-state index contributed by atoms with van der Waals surface area (Å²) < 4.78 is 21.0. The Morgan fingerprint density at radius 2 is 2.47 bits per heavy atom. The first kappa shape index (κ1) is 9.58. The van der Waals surface area contributed by atoms with Crippen molar-refractivity contribution in [2.75, 3.05) is 6.58 Å². The summed E-state index contributed by atoms with van der Waals surface area (Å²) in [6.45, 7) is -0.233. The zero-order chi connectivity index (χ0) is 14.3. The molecule has 1 aromatic rings. The predicted octanol–water partition coefficient (Wildman–Crippen LogP) is -1.51. The van der Waals surface area contributed by atoms with E-state index in [1.54, 1.807) is 0 Å². The van der Waals surface area contributed by atoms with Gasteiger partial charge in [0.1, 0.15) is 12.3 Å². The molecule has 0 radical (unpaired) electrons. The van der Waals surface area contributed by atoms with Crippen LogP contribution in [0.3, 0.4) is 0 Å². The Morgan fingerprint density at radius 1 is 1.76 bits per heavy atom. The van der Waals surface area contributed by atoms with Crippen LogP contribution in [0.15, 0.2) is 15.8 Å². The van der Waals surface area contributed by atoms with Crippen LogP contribution in [0.5, 0.6) is 0 Å². The van der Waals surface area contributed by atoms with Crippen LogP contribution in [0.4, 0.5) is 0 Å². The van der Waals surface area contributed by atoms with Crippen molar-refractivity contribution in [2.24, 2.45) is 0 Å². The molecule has 7 nitrogen and oxygen atoms in total. The number of ether oxygens (including phenoxy) is 1. The summed E-state index contributed by atoms with van der Waals surface area (Å²) in [5, 5.41) is 18.8. The third kappa shape index (κ3) is 2.17. The fourth-order valence-corrected chi connectivity index (χ4v) is 1.62. The molecule has 3 N–H and O–H groups in total. The monoisotopic (exact) mass is 244 g/mol. The lowest BCUT2D eigenvalue weighted by molar-refractivity contribution is -0.0459. The molecule has 1 aliphatic heterocycles. The summed E-state index contributed by atoms with van der Waals surface area (Å²) in [6.07, 6.45) is -3.85. The topological polar surface area (TPSA) is 105 Å². The lowest BCUT2D eigenvalue weighted by Crippen LogP contribution is -2.33. The van der Waals surface area contributed by atoms with Crippen molar-refractivity contribution >= 4 is 0 Å². The number of nitrogens with zero attached hydrogens (tertiary/aromatic N) is 1. The molecule has 94 valence electrons. The second-order valence-corrected chi connectivity index (χ2v) is 3.80. The number of aromatic nitrogens is 2. The van der Waals surface area contributed by atoms with Gasteiger partial charge in [0.2, 0.25) is 0 Å². The van der Waals surface area contributed by atoms with Crippen molar-refractivity contribution in [1.29, 1.82) is 0 Å². The summed E-state index contributed by atoms with van der Waals surface area (Å²) in [6, 6.07) is 0. The molecule has 7 heteroatoms. The molecule has 1 saturated heterocycles. The molecule has 17 heavy (non-hydrogen) atoms. The van der Waals surface area contributed by atoms with E-state index in [0.717, 1.165) is 4.57 Å². The molecule has 0 spiro atoms. The molecule has 1 aromatic heterocycles. The maximum absolute atomic E-state index is 11.7. The van der Waals surface area contributed by atoms with Crippen LogP contribution in [-0.2, 0) is 4.74 Å². The zero-order valence-corrected chi connectivity index (χ0v) is 9.03. The van der Waals surface area contributed by atoms with Gasteiger partial charge in [0, 0.05) is 19.5 Å². The van der Waals surface area contributed by atoms with Crippen molar-refractivity contribution in [3.05, 3.63) is 32.6 Å². The minimum atomic E-state index is -1.72. The number of aromatic amines is 1. The van der Waals surface area contributed by atoms with E-state index >= 15 is 0 Å². The van der Waals surface area contributed by atoms with Gasteiger partial charge in [0.05, 0.1) is 14.1 Å². The van der Waals surface area contributed by atoms with Gasteiger partial charge >= 0.3 is 5.69 Å². The number of aryl methyl sites for hydroxylation is 1. The Balaban J connectivity index is 2.41. The van der Waals surface area contributed by atoms with E-state index in [1.807, 2.05) is 0 Å². The maximum Gasteiger partial charge on any atom is 0.330 e. The number of aliphatic hydroxyl groups excluding tert-OH is 2. The summed E-state index contributed by atoms with van der Waals surface area (Å²) in [5.41, 5.74) is -1.07. The van der Waals surface area contributed by atoms with Gasteiger partial charge in [-0.25, -0.2) is 4.79 Å². The van der Waals surface area contributed by atoms with Crippen LogP contribution >= 0.6 is 0 Å². The average Bonchev–Trinajstić information content (AvgIpc) is 2.62. The largest absolute Gasteiger partial charge is 0.394 e. The number of H-pyrrole nitrogens is 1. The third-order valence-corrected chi connectivity index (χ3v) is 2.56. The number of nitrogens with one attached hydrogen (secondary N) is 1. The molecule has 0 amide bonds. The van der Waals surface area contributed by atoms with Gasteiger partial charge < -0.3 is 14.9 Å². The van der Waals surface area contributed by atoms with Crippen molar-refractivity contribution in [2.45, 2.75) is 31.8 Å². The zero-order valence-electron chi connectivity index (χ0n) is 11.0. The van der Waals surface area contributed by atoms with Crippen molar-refractivity contribution < 1.29 is 17.7 Å². The number of hydrogen-bond donors (Lipinski definition) is 3. The maximum atomic E-state index is 11.7. The Hall–Kier alpha value is -1.44. The second kappa shape index (κ2) is 4.44. The lowest BCUT2D eigenvalue weighted by Gasteiger charge is -2.14. The lowest BCUT2D eigenvalue weighted by atomic mass is 10.2. The Bertz CT molecular complexity index is 584. The first-order chi connectivity index (χ1) is 8.82. The van der Waals surface area contributed by atoms with Crippen molar-refractivity contribution in [1.82, 2.24) is 9.55 Å². The van der Waals surface area contributed by atoms with Crippen molar-refractivity contribution in [3.8, 4) is 0 Å². The minimum absolute atomic E-state index is 0.250. The quantitative estimate of drug-likeness (QED) is 0.586. The highest BCUT2D eigenvalue weighted by molar-refractivity contribution is 5.02. The molecule has 1 fully saturated rings. The molecule has 2 rings (SSSR count). The van der Waals surface area contributed by atoms with Gasteiger partial charge in [-0.1, -0.05) is 0 Å². The van der Waals surface area contributed by atoms with E-state index in [4.69, 9.17) is 12.6 Å². The van der Waals surface area contributed by atoms with E-state index in [1.165, 1.54) is 13.1 Å². The van der Waals surface area contributed by atoms with E-state index in [2.05, 4.69) is 4.98 Å². The molecular weight excluding hydrogens is 228 g/mol. The molecule has 2 unspecified atom stereocenters. The van der Waals surface area contributed by atoms with Crippen molar-refractivity contribution in [3.63, 3.8) is 0 Å². The molecule has 2 heterocycles. The van der Waals surface area contributed by atoms with E-state index in [9.17, 15) is 14.7 Å². The molecule has 1 aliphatic rings. The third-order valence-electron chi connectivity index (χ3n) is 2.56. The first-order valence-electron chi connectivity index (χ1n) is 6.16. The summed E-state index contributed by atoms with van der Waals surface area (Å²) in [7, 11) is 0. The molecular formula is C10H14N2O5. The van der Waals surface area contributed by atoms with E-state index < -0.39 is 42.7 Å². The SMILES string of the molecule is [2H]C(O)[C@H]1O[C@@H](n2cc(C)c(=O)[nH]c2=O)C([2H])[C@@H]1O. The Morgan fingerprint density at radius 3 is 3.06 bits per heavy atom. The van der Waals surface area contributed by atoms with E-state index in [-0.39, 0.29) is 5.56 Å². The Labute approximate surface area is 99.1 Å². The Kier molecular flexibility index (Phi) is 2.50. The molecule has 0 aliphatic carbocycles. The second-order valence-electron chi connectivity index (χ2n) is 3.80. The number of aliphatic hydroxyl groups is 2. The average molecular weight is 244 g/mol. The van der Waals surface area contributed by atoms with Crippen LogP contribution in [0.25, 0.3) is 0 Å². The normalized spacial score (nSPS) is 36.4. The summed E-state index contributed by atoms with van der Waals surface area (Å²) >= 11 is 0. The first-order valence-corrected chi connectivity index (χ1v) is 5.01. The highest BCUT2D eigenvalue weighted by atomic mass is 16.5. The highest BCUT2D eigenvalue weighted by Crippen LogP contribution is 2.27.